The number of anilines is 1. The molecule has 3 rings (SSSR count). The number of rotatable bonds is 6. The van der Waals surface area contributed by atoms with E-state index in [-0.39, 0.29) is 0 Å². The average molecular weight is 331 g/mol. The first-order valence-electron chi connectivity index (χ1n) is 6.94. The van der Waals surface area contributed by atoms with E-state index in [1.54, 1.807) is 26.0 Å². The molecule has 0 aliphatic rings. The summed E-state index contributed by atoms with van der Waals surface area (Å²) in [6.07, 6.45) is 3.49. The Labute approximate surface area is 137 Å². The van der Waals surface area contributed by atoms with Gasteiger partial charge in [-0.1, -0.05) is 6.07 Å². The number of aromatic nitrogens is 4. The number of methoxy groups -OCH3 is 2. The van der Waals surface area contributed by atoms with Crippen molar-refractivity contribution in [3.8, 4) is 11.5 Å². The van der Waals surface area contributed by atoms with E-state index in [0.717, 1.165) is 27.4 Å². The Kier molecular flexibility index (Phi) is 4.52. The summed E-state index contributed by atoms with van der Waals surface area (Å²) in [5.41, 5.74) is 1.78. The first kappa shape index (κ1) is 15.4. The minimum Gasteiger partial charge on any atom is -0.493 e. The van der Waals surface area contributed by atoms with Gasteiger partial charge in [-0.2, -0.15) is 5.10 Å². The number of thioether (sulfide) groups is 1. The van der Waals surface area contributed by atoms with Crippen molar-refractivity contribution in [1.29, 1.82) is 0 Å². The van der Waals surface area contributed by atoms with E-state index in [1.807, 2.05) is 24.5 Å². The van der Waals surface area contributed by atoms with Crippen molar-refractivity contribution in [2.24, 2.45) is 0 Å². The zero-order chi connectivity index (χ0) is 16.2. The molecular weight excluding hydrogens is 314 g/mol. The third-order valence-electron chi connectivity index (χ3n) is 3.43. The van der Waals surface area contributed by atoms with E-state index in [2.05, 4.69) is 25.5 Å². The molecule has 0 aliphatic carbocycles. The van der Waals surface area contributed by atoms with E-state index in [9.17, 15) is 0 Å². The molecule has 0 amide bonds. The predicted octanol–water partition coefficient (Wildman–Crippen LogP) is 2.70. The van der Waals surface area contributed by atoms with Gasteiger partial charge in [0.25, 0.3) is 0 Å². The average Bonchev–Trinajstić information content (AvgIpc) is 3.03. The monoisotopic (exact) mass is 331 g/mol. The minimum absolute atomic E-state index is 0.603. The lowest BCUT2D eigenvalue weighted by molar-refractivity contribution is 0.354. The standard InChI is InChI=1S/C15H17N5O2S/c1-21-10-5-4-9(6-11(10)22-2)7-16-13-12-14(18-8-17-13)19-20-15(12)23-3/h4-6,8H,7H2,1-3H3,(H2,16,17,18,19,20). The van der Waals surface area contributed by atoms with Crippen LogP contribution in [-0.2, 0) is 6.54 Å². The molecule has 23 heavy (non-hydrogen) atoms. The van der Waals surface area contributed by atoms with Crippen LogP contribution in [0.2, 0.25) is 0 Å². The van der Waals surface area contributed by atoms with Crippen molar-refractivity contribution in [2.45, 2.75) is 11.6 Å². The summed E-state index contributed by atoms with van der Waals surface area (Å²) in [5.74, 6) is 2.16. The fraction of sp³-hybridized carbons (Fsp3) is 0.267. The molecule has 8 heteroatoms. The molecule has 7 nitrogen and oxygen atoms in total. The molecule has 2 aromatic heterocycles. The maximum atomic E-state index is 5.33. The fourth-order valence-corrected chi connectivity index (χ4v) is 2.83. The number of H-pyrrole nitrogens is 1. The molecule has 2 N–H and O–H groups in total. The summed E-state index contributed by atoms with van der Waals surface area (Å²) in [5, 5.41) is 12.3. The van der Waals surface area contributed by atoms with Gasteiger partial charge in [-0.15, -0.1) is 11.8 Å². The molecule has 0 saturated carbocycles. The molecule has 0 radical (unpaired) electrons. The summed E-state index contributed by atoms with van der Waals surface area (Å²) < 4.78 is 10.6. The van der Waals surface area contributed by atoms with Crippen LogP contribution in [0.1, 0.15) is 5.56 Å². The quantitative estimate of drug-likeness (QED) is 0.672. The molecule has 0 unspecified atom stereocenters. The lowest BCUT2D eigenvalue weighted by Gasteiger charge is -2.11. The van der Waals surface area contributed by atoms with E-state index in [0.29, 0.717) is 18.0 Å². The van der Waals surface area contributed by atoms with Crippen molar-refractivity contribution < 1.29 is 9.47 Å². The minimum atomic E-state index is 0.603. The van der Waals surface area contributed by atoms with Gasteiger partial charge in [0.05, 0.1) is 19.6 Å². The van der Waals surface area contributed by atoms with Crippen molar-refractivity contribution in [3.05, 3.63) is 30.1 Å². The molecule has 120 valence electrons. The lowest BCUT2D eigenvalue weighted by atomic mass is 10.2. The number of fused-ring (bicyclic) bond motifs is 1. The van der Waals surface area contributed by atoms with E-state index >= 15 is 0 Å². The van der Waals surface area contributed by atoms with Gasteiger partial charge in [-0.05, 0) is 24.0 Å². The van der Waals surface area contributed by atoms with Gasteiger partial charge in [-0.25, -0.2) is 9.97 Å². The zero-order valence-corrected chi connectivity index (χ0v) is 13.9. The molecular formula is C15H17N5O2S. The van der Waals surface area contributed by atoms with Gasteiger partial charge in [0.1, 0.15) is 17.2 Å². The third kappa shape index (κ3) is 3.02. The summed E-state index contributed by atoms with van der Waals surface area (Å²) in [6, 6.07) is 5.81. The highest BCUT2D eigenvalue weighted by molar-refractivity contribution is 7.98. The molecule has 0 bridgehead atoms. The van der Waals surface area contributed by atoms with Crippen molar-refractivity contribution >= 4 is 28.6 Å². The second kappa shape index (κ2) is 6.74. The Bertz CT molecular complexity index is 821. The Hall–Kier alpha value is -2.48. The summed E-state index contributed by atoms with van der Waals surface area (Å²) in [6.45, 7) is 0.603. The number of hydrogen-bond donors (Lipinski definition) is 2. The van der Waals surface area contributed by atoms with Crippen LogP contribution < -0.4 is 14.8 Å². The smallest absolute Gasteiger partial charge is 0.161 e. The predicted molar refractivity (Wildman–Crippen MR) is 90.3 cm³/mol. The Morgan fingerprint density at radius 2 is 2.00 bits per heavy atom. The summed E-state index contributed by atoms with van der Waals surface area (Å²) >= 11 is 1.55. The van der Waals surface area contributed by atoms with Crippen molar-refractivity contribution in [2.75, 3.05) is 25.8 Å². The van der Waals surface area contributed by atoms with Gasteiger partial charge in [0.2, 0.25) is 0 Å². The highest BCUT2D eigenvalue weighted by atomic mass is 32.2. The van der Waals surface area contributed by atoms with Crippen LogP contribution in [0.3, 0.4) is 0 Å². The van der Waals surface area contributed by atoms with E-state index in [4.69, 9.17) is 9.47 Å². The number of ether oxygens (including phenoxy) is 2. The van der Waals surface area contributed by atoms with Crippen LogP contribution in [-0.4, -0.2) is 40.6 Å². The Morgan fingerprint density at radius 3 is 2.74 bits per heavy atom. The van der Waals surface area contributed by atoms with Crippen LogP contribution in [0.5, 0.6) is 11.5 Å². The van der Waals surface area contributed by atoms with Crippen LogP contribution in [0.25, 0.3) is 11.0 Å². The highest BCUT2D eigenvalue weighted by Gasteiger charge is 2.12. The van der Waals surface area contributed by atoms with Gasteiger partial charge in [0, 0.05) is 6.54 Å². The summed E-state index contributed by atoms with van der Waals surface area (Å²) in [4.78, 5) is 8.52. The van der Waals surface area contributed by atoms with Crippen LogP contribution in [0.4, 0.5) is 5.82 Å². The largest absolute Gasteiger partial charge is 0.493 e. The molecule has 0 atom stereocenters. The Morgan fingerprint density at radius 1 is 1.17 bits per heavy atom. The number of benzene rings is 1. The maximum absolute atomic E-state index is 5.33. The molecule has 1 aromatic carbocycles. The Balaban J connectivity index is 1.85. The van der Waals surface area contributed by atoms with Gasteiger partial charge >= 0.3 is 0 Å². The molecule has 0 saturated heterocycles. The SMILES string of the molecule is COc1ccc(CNc2ncnc3[nH]nc(SC)c23)cc1OC. The van der Waals surface area contributed by atoms with E-state index in [1.165, 1.54) is 6.33 Å². The van der Waals surface area contributed by atoms with Crippen LogP contribution >= 0.6 is 11.8 Å². The molecule has 3 aromatic rings. The van der Waals surface area contributed by atoms with Gasteiger partial charge < -0.3 is 14.8 Å². The highest BCUT2D eigenvalue weighted by Crippen LogP contribution is 2.30. The second-order valence-electron chi connectivity index (χ2n) is 4.72. The topological polar surface area (TPSA) is 85.0 Å². The number of aromatic amines is 1. The third-order valence-corrected chi connectivity index (χ3v) is 4.11. The van der Waals surface area contributed by atoms with Crippen LogP contribution in [0, 0.1) is 0 Å². The maximum Gasteiger partial charge on any atom is 0.161 e. The fourth-order valence-electron chi connectivity index (χ4n) is 2.29. The second-order valence-corrected chi connectivity index (χ2v) is 5.52. The van der Waals surface area contributed by atoms with Crippen LogP contribution in [0.15, 0.2) is 29.6 Å². The first-order valence-corrected chi connectivity index (χ1v) is 8.17. The van der Waals surface area contributed by atoms with Gasteiger partial charge in [0.15, 0.2) is 17.1 Å². The van der Waals surface area contributed by atoms with Gasteiger partial charge in [-0.3, -0.25) is 5.10 Å². The number of nitrogens with zero attached hydrogens (tertiary/aromatic N) is 3. The number of hydrogen-bond acceptors (Lipinski definition) is 7. The lowest BCUT2D eigenvalue weighted by Crippen LogP contribution is -2.03. The molecule has 0 aliphatic heterocycles. The molecule has 0 spiro atoms. The summed E-state index contributed by atoms with van der Waals surface area (Å²) in [7, 11) is 3.25. The first-order chi connectivity index (χ1) is 11.3. The van der Waals surface area contributed by atoms with E-state index < -0.39 is 0 Å². The van der Waals surface area contributed by atoms with Crippen molar-refractivity contribution in [1.82, 2.24) is 20.2 Å². The number of nitrogens with one attached hydrogen (secondary N) is 2. The van der Waals surface area contributed by atoms with Crippen molar-refractivity contribution in [3.63, 3.8) is 0 Å². The normalized spacial score (nSPS) is 10.7. The molecule has 0 fully saturated rings. The molecule has 2 heterocycles. The zero-order valence-electron chi connectivity index (χ0n) is 13.1.